The van der Waals surface area contributed by atoms with Crippen LogP contribution in [0, 0.1) is 5.92 Å². The molecule has 27 heavy (non-hydrogen) atoms. The summed E-state index contributed by atoms with van der Waals surface area (Å²) in [6.45, 7) is 8.53. The predicted molar refractivity (Wildman–Crippen MR) is 111 cm³/mol. The van der Waals surface area contributed by atoms with Crippen molar-refractivity contribution >= 4 is 22.6 Å². The van der Waals surface area contributed by atoms with Crippen LogP contribution in [0.3, 0.4) is 0 Å². The highest BCUT2D eigenvalue weighted by Gasteiger charge is 2.25. The number of aryl methyl sites for hydroxylation is 1. The first-order chi connectivity index (χ1) is 13.3. The number of hydrogen-bond donors (Lipinski definition) is 2. The molecule has 0 atom stereocenters. The lowest BCUT2D eigenvalue weighted by atomic mass is 9.96. The van der Waals surface area contributed by atoms with E-state index in [0.29, 0.717) is 5.92 Å². The van der Waals surface area contributed by atoms with Gasteiger partial charge in [-0.15, -0.1) is 0 Å². The fourth-order valence-corrected chi connectivity index (χ4v) is 4.51. The van der Waals surface area contributed by atoms with Gasteiger partial charge >= 0.3 is 0 Å². The Kier molecular flexibility index (Phi) is 5.67. The van der Waals surface area contributed by atoms with Gasteiger partial charge in [0, 0.05) is 25.0 Å². The SMILES string of the molecule is CCCCN1CCC(CNC(=O)c2c3n(c4ccccc24)CCCN3)CC1. The number of aromatic nitrogens is 1. The van der Waals surface area contributed by atoms with Crippen molar-refractivity contribution in [3.05, 3.63) is 29.8 Å². The summed E-state index contributed by atoms with van der Waals surface area (Å²) in [5.41, 5.74) is 1.99. The van der Waals surface area contributed by atoms with Crippen molar-refractivity contribution in [3.8, 4) is 0 Å². The predicted octanol–water partition coefficient (Wildman–Crippen LogP) is 3.70. The van der Waals surface area contributed by atoms with Crippen LogP contribution < -0.4 is 10.6 Å². The summed E-state index contributed by atoms with van der Waals surface area (Å²) in [7, 11) is 0. The molecule has 0 bridgehead atoms. The van der Waals surface area contributed by atoms with Crippen LogP contribution in [-0.2, 0) is 6.54 Å². The van der Waals surface area contributed by atoms with Crippen molar-refractivity contribution in [2.75, 3.05) is 38.0 Å². The van der Waals surface area contributed by atoms with Crippen LogP contribution in [0.1, 0.15) is 49.4 Å². The Morgan fingerprint density at radius 3 is 2.85 bits per heavy atom. The van der Waals surface area contributed by atoms with E-state index in [-0.39, 0.29) is 5.91 Å². The number of unbranched alkanes of at least 4 members (excludes halogenated alkanes) is 1. The Bertz CT molecular complexity index is 789. The molecule has 146 valence electrons. The number of rotatable bonds is 6. The van der Waals surface area contributed by atoms with Crippen molar-refractivity contribution in [1.82, 2.24) is 14.8 Å². The van der Waals surface area contributed by atoms with Crippen LogP contribution in [0.25, 0.3) is 10.9 Å². The maximum atomic E-state index is 13.1. The number of fused-ring (bicyclic) bond motifs is 3. The molecule has 1 saturated heterocycles. The van der Waals surface area contributed by atoms with Gasteiger partial charge in [-0.05, 0) is 57.3 Å². The highest BCUT2D eigenvalue weighted by Crippen LogP contribution is 2.32. The van der Waals surface area contributed by atoms with Gasteiger partial charge in [0.25, 0.3) is 5.91 Å². The molecular formula is C22H32N4O. The summed E-state index contributed by atoms with van der Waals surface area (Å²) in [6.07, 6.45) is 6.04. The molecule has 2 aliphatic rings. The zero-order valence-electron chi connectivity index (χ0n) is 16.5. The number of amides is 1. The largest absolute Gasteiger partial charge is 0.371 e. The van der Waals surface area contributed by atoms with Gasteiger partial charge in [0.2, 0.25) is 0 Å². The average molecular weight is 369 g/mol. The zero-order chi connectivity index (χ0) is 18.6. The highest BCUT2D eigenvalue weighted by molar-refractivity contribution is 6.12. The van der Waals surface area contributed by atoms with Crippen LogP contribution in [-0.4, -0.2) is 48.1 Å². The molecule has 2 N–H and O–H groups in total. The van der Waals surface area contributed by atoms with Crippen molar-refractivity contribution in [3.63, 3.8) is 0 Å². The van der Waals surface area contributed by atoms with Gasteiger partial charge in [-0.2, -0.15) is 0 Å². The summed E-state index contributed by atoms with van der Waals surface area (Å²) >= 11 is 0. The maximum absolute atomic E-state index is 13.1. The minimum absolute atomic E-state index is 0.0720. The molecule has 4 rings (SSSR count). The molecule has 0 aliphatic carbocycles. The Labute approximate surface area is 162 Å². The minimum atomic E-state index is 0.0720. The summed E-state index contributed by atoms with van der Waals surface area (Å²) < 4.78 is 2.26. The first kappa shape index (κ1) is 18.4. The van der Waals surface area contributed by atoms with E-state index in [0.717, 1.165) is 48.3 Å². The second-order valence-corrected chi connectivity index (χ2v) is 8.02. The topological polar surface area (TPSA) is 49.3 Å². The van der Waals surface area contributed by atoms with Crippen molar-refractivity contribution in [2.24, 2.45) is 5.92 Å². The molecule has 2 aromatic rings. The first-order valence-corrected chi connectivity index (χ1v) is 10.6. The molecule has 1 amide bonds. The lowest BCUT2D eigenvalue weighted by Gasteiger charge is -2.32. The van der Waals surface area contributed by atoms with Gasteiger partial charge in [0.05, 0.1) is 11.1 Å². The van der Waals surface area contributed by atoms with Gasteiger partial charge in [-0.1, -0.05) is 31.5 Å². The smallest absolute Gasteiger partial charge is 0.255 e. The number of carbonyl (C=O) groups excluding carboxylic acids is 1. The van der Waals surface area contributed by atoms with Crippen LogP contribution >= 0.6 is 0 Å². The molecule has 1 aromatic carbocycles. The van der Waals surface area contributed by atoms with Crippen LogP contribution in [0.2, 0.25) is 0 Å². The van der Waals surface area contributed by atoms with E-state index >= 15 is 0 Å². The number of hydrogen-bond acceptors (Lipinski definition) is 3. The van der Waals surface area contributed by atoms with Gasteiger partial charge in [0.15, 0.2) is 0 Å². The molecule has 1 aromatic heterocycles. The summed E-state index contributed by atoms with van der Waals surface area (Å²) in [5.74, 6) is 1.67. The van der Waals surface area contributed by atoms with Crippen molar-refractivity contribution in [1.29, 1.82) is 0 Å². The summed E-state index contributed by atoms with van der Waals surface area (Å²) in [4.78, 5) is 15.6. The molecule has 0 radical (unpaired) electrons. The monoisotopic (exact) mass is 368 g/mol. The first-order valence-electron chi connectivity index (χ1n) is 10.6. The molecule has 3 heterocycles. The van der Waals surface area contributed by atoms with Crippen LogP contribution in [0.15, 0.2) is 24.3 Å². The van der Waals surface area contributed by atoms with E-state index in [9.17, 15) is 4.79 Å². The molecule has 5 nitrogen and oxygen atoms in total. The average Bonchev–Trinajstić information content (AvgIpc) is 3.06. The fraction of sp³-hybridized carbons (Fsp3) is 0.591. The maximum Gasteiger partial charge on any atom is 0.255 e. The molecule has 2 aliphatic heterocycles. The molecule has 5 heteroatoms. The molecule has 0 spiro atoms. The van der Waals surface area contributed by atoms with Crippen molar-refractivity contribution in [2.45, 2.75) is 45.6 Å². The third kappa shape index (κ3) is 3.84. The van der Waals surface area contributed by atoms with Crippen LogP contribution in [0.4, 0.5) is 5.82 Å². The summed E-state index contributed by atoms with van der Waals surface area (Å²) in [5, 5.41) is 7.77. The summed E-state index contributed by atoms with van der Waals surface area (Å²) in [6, 6.07) is 8.27. The van der Waals surface area contributed by atoms with E-state index in [1.165, 1.54) is 45.3 Å². The van der Waals surface area contributed by atoms with Gasteiger partial charge in [-0.25, -0.2) is 0 Å². The molecule has 0 saturated carbocycles. The number of para-hydroxylation sites is 1. The lowest BCUT2D eigenvalue weighted by molar-refractivity contribution is 0.0938. The zero-order valence-corrected chi connectivity index (χ0v) is 16.5. The van der Waals surface area contributed by atoms with E-state index < -0.39 is 0 Å². The molecular weight excluding hydrogens is 336 g/mol. The Morgan fingerprint density at radius 1 is 1.22 bits per heavy atom. The van der Waals surface area contributed by atoms with E-state index in [1.54, 1.807) is 0 Å². The highest BCUT2D eigenvalue weighted by atomic mass is 16.1. The quantitative estimate of drug-likeness (QED) is 0.817. The number of likely N-dealkylation sites (tertiary alicyclic amines) is 1. The third-order valence-corrected chi connectivity index (χ3v) is 6.14. The molecule has 1 fully saturated rings. The normalized spacial score (nSPS) is 18.3. The second-order valence-electron chi connectivity index (χ2n) is 8.02. The van der Waals surface area contributed by atoms with Gasteiger partial charge < -0.3 is 20.1 Å². The number of anilines is 1. The number of piperidine rings is 1. The second kappa shape index (κ2) is 8.34. The fourth-order valence-electron chi connectivity index (χ4n) is 4.51. The van der Waals surface area contributed by atoms with E-state index in [4.69, 9.17) is 0 Å². The standard InChI is InChI=1S/C22H32N4O/c1-2-3-12-25-14-9-17(10-15-25)16-24-22(27)20-18-7-4-5-8-19(18)26-13-6-11-23-21(20)26/h4-5,7-8,17,23H,2-3,6,9-16H2,1H3,(H,24,27). The van der Waals surface area contributed by atoms with Gasteiger partial charge in [0.1, 0.15) is 5.82 Å². The van der Waals surface area contributed by atoms with Crippen LogP contribution in [0.5, 0.6) is 0 Å². The lowest BCUT2D eigenvalue weighted by Crippen LogP contribution is -2.39. The van der Waals surface area contributed by atoms with Gasteiger partial charge in [-0.3, -0.25) is 4.79 Å². The number of nitrogens with one attached hydrogen (secondary N) is 2. The number of carbonyl (C=O) groups is 1. The Balaban J connectivity index is 1.41. The number of nitrogens with zero attached hydrogens (tertiary/aromatic N) is 2. The van der Waals surface area contributed by atoms with E-state index in [2.05, 4.69) is 45.2 Å². The Hall–Kier alpha value is -2.01. The van der Waals surface area contributed by atoms with Crippen molar-refractivity contribution < 1.29 is 4.79 Å². The molecule has 0 unspecified atom stereocenters. The Morgan fingerprint density at radius 2 is 2.04 bits per heavy atom. The minimum Gasteiger partial charge on any atom is -0.371 e. The third-order valence-electron chi connectivity index (χ3n) is 6.14. The van der Waals surface area contributed by atoms with E-state index in [1.807, 2.05) is 6.07 Å². The number of benzene rings is 1.